The molecular weight excluding hydrogens is 290 g/mol. The zero-order chi connectivity index (χ0) is 13.7. The predicted molar refractivity (Wildman–Crippen MR) is 80.8 cm³/mol. The molecule has 0 saturated heterocycles. The maximum atomic E-state index is 4.48. The van der Waals surface area contributed by atoms with Gasteiger partial charge in [-0.2, -0.15) is 5.10 Å². The summed E-state index contributed by atoms with van der Waals surface area (Å²) in [5.41, 5.74) is 1.28. The van der Waals surface area contributed by atoms with Gasteiger partial charge in [-0.25, -0.2) is 0 Å². The van der Waals surface area contributed by atoms with Gasteiger partial charge in [0, 0.05) is 6.04 Å². The van der Waals surface area contributed by atoms with E-state index in [2.05, 4.69) is 65.6 Å². The lowest BCUT2D eigenvalue weighted by atomic mass is 10.0. The van der Waals surface area contributed by atoms with Crippen LogP contribution in [0.3, 0.4) is 0 Å². The monoisotopic (exact) mass is 315 g/mol. The lowest BCUT2D eigenvalue weighted by Crippen LogP contribution is -2.25. The second kappa shape index (κ2) is 7.29. The van der Waals surface area contributed by atoms with Crippen LogP contribution in [0, 0.1) is 5.92 Å². The highest BCUT2D eigenvalue weighted by Crippen LogP contribution is 2.29. The minimum absolute atomic E-state index is 0.386. The van der Waals surface area contributed by atoms with Crippen molar-refractivity contribution >= 4 is 15.9 Å². The van der Waals surface area contributed by atoms with E-state index >= 15 is 0 Å². The summed E-state index contributed by atoms with van der Waals surface area (Å²) >= 11 is 3.64. The quantitative estimate of drug-likeness (QED) is 0.812. The summed E-state index contributed by atoms with van der Waals surface area (Å²) in [6.45, 7) is 12.0. The van der Waals surface area contributed by atoms with Gasteiger partial charge in [0.05, 0.1) is 22.4 Å². The Morgan fingerprint density at radius 1 is 1.28 bits per heavy atom. The van der Waals surface area contributed by atoms with Gasteiger partial charge in [0.2, 0.25) is 0 Å². The topological polar surface area (TPSA) is 29.9 Å². The standard InChI is InChI=1S/C14H26BrN3/c1-6-16-13(8-7-10(2)3)14-12(15)9-17-18(14)11(4)5/h9-11,13,16H,6-8H2,1-5H3. The van der Waals surface area contributed by atoms with E-state index < -0.39 is 0 Å². The van der Waals surface area contributed by atoms with Crippen LogP contribution in [0.2, 0.25) is 0 Å². The first-order valence-electron chi connectivity index (χ1n) is 6.93. The molecule has 0 fully saturated rings. The molecule has 1 heterocycles. The Morgan fingerprint density at radius 3 is 2.44 bits per heavy atom. The summed E-state index contributed by atoms with van der Waals surface area (Å²) in [4.78, 5) is 0. The summed E-state index contributed by atoms with van der Waals surface area (Å²) in [6, 6.07) is 0.781. The van der Waals surface area contributed by atoms with Gasteiger partial charge < -0.3 is 5.32 Å². The largest absolute Gasteiger partial charge is 0.309 e. The van der Waals surface area contributed by atoms with Gasteiger partial charge in [-0.15, -0.1) is 0 Å². The Hall–Kier alpha value is -0.350. The molecule has 0 spiro atoms. The molecule has 1 N–H and O–H groups in total. The van der Waals surface area contributed by atoms with Crippen LogP contribution in [0.1, 0.15) is 65.2 Å². The molecule has 1 unspecified atom stereocenters. The molecule has 1 aromatic rings. The lowest BCUT2D eigenvalue weighted by molar-refractivity contribution is 0.403. The molecule has 0 aliphatic heterocycles. The van der Waals surface area contributed by atoms with E-state index in [0.29, 0.717) is 12.1 Å². The van der Waals surface area contributed by atoms with Crippen molar-refractivity contribution in [3.8, 4) is 0 Å². The van der Waals surface area contributed by atoms with Crippen molar-refractivity contribution in [2.45, 2.75) is 59.5 Å². The summed E-state index contributed by atoms with van der Waals surface area (Å²) in [7, 11) is 0. The maximum Gasteiger partial charge on any atom is 0.0698 e. The van der Waals surface area contributed by atoms with Crippen molar-refractivity contribution in [3.63, 3.8) is 0 Å². The molecule has 104 valence electrons. The Bertz CT molecular complexity index is 358. The Labute approximate surface area is 119 Å². The fraction of sp³-hybridized carbons (Fsp3) is 0.786. The van der Waals surface area contributed by atoms with Gasteiger partial charge in [0.15, 0.2) is 0 Å². The van der Waals surface area contributed by atoms with Gasteiger partial charge in [-0.1, -0.05) is 20.8 Å². The van der Waals surface area contributed by atoms with Crippen LogP contribution in [0.5, 0.6) is 0 Å². The molecule has 0 radical (unpaired) electrons. The number of hydrogen-bond donors (Lipinski definition) is 1. The highest BCUT2D eigenvalue weighted by molar-refractivity contribution is 9.10. The number of rotatable bonds is 7. The van der Waals surface area contributed by atoms with E-state index in [1.807, 2.05) is 6.20 Å². The van der Waals surface area contributed by atoms with Gasteiger partial charge in [0.1, 0.15) is 0 Å². The second-order valence-electron chi connectivity index (χ2n) is 5.50. The first-order valence-corrected chi connectivity index (χ1v) is 7.72. The van der Waals surface area contributed by atoms with Crippen molar-refractivity contribution in [2.75, 3.05) is 6.54 Å². The number of hydrogen-bond acceptors (Lipinski definition) is 2. The first-order chi connectivity index (χ1) is 8.47. The molecule has 0 amide bonds. The molecule has 0 aliphatic rings. The third kappa shape index (κ3) is 4.09. The van der Waals surface area contributed by atoms with Crippen LogP contribution in [0.15, 0.2) is 10.7 Å². The predicted octanol–water partition coefficient (Wildman–Crippen LogP) is 4.31. The number of nitrogens with one attached hydrogen (secondary N) is 1. The smallest absolute Gasteiger partial charge is 0.0698 e. The fourth-order valence-electron chi connectivity index (χ4n) is 2.17. The van der Waals surface area contributed by atoms with Crippen molar-refractivity contribution < 1.29 is 0 Å². The van der Waals surface area contributed by atoms with Crippen LogP contribution in [-0.2, 0) is 0 Å². The molecule has 0 bridgehead atoms. The average Bonchev–Trinajstić information content (AvgIpc) is 2.66. The van der Waals surface area contributed by atoms with E-state index in [4.69, 9.17) is 0 Å². The van der Waals surface area contributed by atoms with Crippen LogP contribution in [0.25, 0.3) is 0 Å². The highest BCUT2D eigenvalue weighted by atomic mass is 79.9. The van der Waals surface area contributed by atoms with Crippen LogP contribution in [-0.4, -0.2) is 16.3 Å². The Morgan fingerprint density at radius 2 is 1.94 bits per heavy atom. The summed E-state index contributed by atoms with van der Waals surface area (Å²) in [6.07, 6.45) is 4.30. The van der Waals surface area contributed by atoms with Crippen molar-refractivity contribution in [1.29, 1.82) is 0 Å². The second-order valence-corrected chi connectivity index (χ2v) is 6.35. The van der Waals surface area contributed by atoms with Gasteiger partial charge in [-0.3, -0.25) is 4.68 Å². The minimum Gasteiger partial charge on any atom is -0.309 e. The Kier molecular flexibility index (Phi) is 6.36. The zero-order valence-corrected chi connectivity index (χ0v) is 13.8. The molecule has 1 rings (SSSR count). The average molecular weight is 316 g/mol. The van der Waals surface area contributed by atoms with E-state index in [-0.39, 0.29) is 0 Å². The lowest BCUT2D eigenvalue weighted by Gasteiger charge is -2.22. The van der Waals surface area contributed by atoms with Crippen molar-refractivity contribution in [3.05, 3.63) is 16.4 Å². The van der Waals surface area contributed by atoms with E-state index in [9.17, 15) is 0 Å². The van der Waals surface area contributed by atoms with Crippen molar-refractivity contribution in [2.24, 2.45) is 5.92 Å². The van der Waals surface area contributed by atoms with Gasteiger partial charge in [-0.05, 0) is 55.1 Å². The van der Waals surface area contributed by atoms with Crippen LogP contribution >= 0.6 is 15.9 Å². The zero-order valence-electron chi connectivity index (χ0n) is 12.2. The molecule has 0 aliphatic carbocycles. The molecule has 1 aromatic heterocycles. The molecule has 18 heavy (non-hydrogen) atoms. The first kappa shape index (κ1) is 15.7. The highest BCUT2D eigenvalue weighted by Gasteiger charge is 2.20. The maximum absolute atomic E-state index is 4.48. The third-order valence-corrected chi connectivity index (χ3v) is 3.70. The molecule has 1 atom stereocenters. The normalized spacial score (nSPS) is 13.6. The number of halogens is 1. The molecule has 0 saturated carbocycles. The minimum atomic E-state index is 0.386. The van der Waals surface area contributed by atoms with E-state index in [1.54, 1.807) is 0 Å². The van der Waals surface area contributed by atoms with Crippen LogP contribution < -0.4 is 5.32 Å². The van der Waals surface area contributed by atoms with Gasteiger partial charge in [0.25, 0.3) is 0 Å². The third-order valence-electron chi connectivity index (χ3n) is 3.09. The summed E-state index contributed by atoms with van der Waals surface area (Å²) in [5.74, 6) is 0.736. The van der Waals surface area contributed by atoms with Crippen LogP contribution in [0.4, 0.5) is 0 Å². The summed E-state index contributed by atoms with van der Waals surface area (Å²) < 4.78 is 3.24. The van der Waals surface area contributed by atoms with Gasteiger partial charge >= 0.3 is 0 Å². The molecule has 3 nitrogen and oxygen atoms in total. The molecule has 4 heteroatoms. The fourth-order valence-corrected chi connectivity index (χ4v) is 2.72. The summed E-state index contributed by atoms with van der Waals surface area (Å²) in [5, 5.41) is 8.06. The number of aromatic nitrogens is 2. The molecule has 0 aromatic carbocycles. The van der Waals surface area contributed by atoms with E-state index in [0.717, 1.165) is 23.4 Å². The number of nitrogens with zero attached hydrogens (tertiary/aromatic N) is 2. The van der Waals surface area contributed by atoms with Crippen molar-refractivity contribution in [1.82, 2.24) is 15.1 Å². The van der Waals surface area contributed by atoms with E-state index in [1.165, 1.54) is 12.1 Å². The Balaban J connectivity index is 2.93. The SMILES string of the molecule is CCNC(CCC(C)C)c1c(Br)cnn1C(C)C. The molecular formula is C14H26BrN3.